The highest BCUT2D eigenvalue weighted by Crippen LogP contribution is 2.36. The van der Waals surface area contributed by atoms with Crippen LogP contribution in [0, 0.1) is 0 Å². The molecule has 0 aliphatic rings. The lowest BCUT2D eigenvalue weighted by atomic mass is 9.87. The molecule has 2 aromatic heterocycles. The number of unbranched alkanes of at least 4 members (excludes halogenated alkanes) is 2. The van der Waals surface area contributed by atoms with Crippen LogP contribution in [0.1, 0.15) is 49.1 Å². The van der Waals surface area contributed by atoms with Gasteiger partial charge in [-0.3, -0.25) is 14.8 Å². The molecule has 2 heterocycles. The number of aromatic nitrogens is 2. The molecule has 166 valence electrons. The van der Waals surface area contributed by atoms with Crippen molar-refractivity contribution in [2.45, 2.75) is 38.0 Å². The Morgan fingerprint density at radius 2 is 1.41 bits per heavy atom. The minimum Gasteiger partial charge on any atom is -0.361 e. The smallest absolute Gasteiger partial charge is 0.243 e. The summed E-state index contributed by atoms with van der Waals surface area (Å²) in [5.41, 5.74) is 5.96. The molecule has 0 bridgehead atoms. The topological polar surface area (TPSA) is 110 Å². The minimum atomic E-state index is -0.380. The van der Waals surface area contributed by atoms with Crippen molar-refractivity contribution < 1.29 is 14.8 Å². The second kappa shape index (κ2) is 10.2. The van der Waals surface area contributed by atoms with Crippen molar-refractivity contribution in [1.29, 1.82) is 0 Å². The molecule has 2 amide bonds. The SMILES string of the molecule is O=C(CCCCCNC(=O)CC(c1c[nH]c2ccccc12)c1c[nH]c2ccccc12)NO. The summed E-state index contributed by atoms with van der Waals surface area (Å²) in [6.07, 6.45) is 6.92. The molecule has 5 N–H and O–H groups in total. The van der Waals surface area contributed by atoms with Gasteiger partial charge in [-0.15, -0.1) is 0 Å². The second-order valence-corrected chi connectivity index (χ2v) is 8.03. The Balaban J connectivity index is 1.48. The zero-order valence-corrected chi connectivity index (χ0v) is 17.9. The van der Waals surface area contributed by atoms with E-state index >= 15 is 0 Å². The number of aromatic amines is 2. The van der Waals surface area contributed by atoms with Crippen LogP contribution in [0.5, 0.6) is 0 Å². The number of rotatable bonds is 10. The predicted octanol–water partition coefficient (Wildman–Crippen LogP) is 4.35. The molecule has 0 spiro atoms. The van der Waals surface area contributed by atoms with Crippen molar-refractivity contribution in [3.8, 4) is 0 Å². The van der Waals surface area contributed by atoms with Crippen LogP contribution < -0.4 is 10.8 Å². The fourth-order valence-corrected chi connectivity index (χ4v) is 4.28. The Morgan fingerprint density at radius 3 is 2.00 bits per heavy atom. The lowest BCUT2D eigenvalue weighted by Gasteiger charge is -2.16. The normalized spacial score (nSPS) is 11.3. The highest BCUT2D eigenvalue weighted by atomic mass is 16.5. The summed E-state index contributed by atoms with van der Waals surface area (Å²) in [5, 5.41) is 13.8. The lowest BCUT2D eigenvalue weighted by molar-refractivity contribution is -0.129. The minimum absolute atomic E-state index is 0.00124. The van der Waals surface area contributed by atoms with Gasteiger partial charge in [0.15, 0.2) is 0 Å². The summed E-state index contributed by atoms with van der Waals surface area (Å²) >= 11 is 0. The van der Waals surface area contributed by atoms with E-state index in [0.29, 0.717) is 19.4 Å². The van der Waals surface area contributed by atoms with E-state index < -0.39 is 0 Å². The quantitative estimate of drug-likeness (QED) is 0.146. The third-order valence-corrected chi connectivity index (χ3v) is 5.91. The van der Waals surface area contributed by atoms with Gasteiger partial charge in [-0.05, 0) is 36.1 Å². The van der Waals surface area contributed by atoms with E-state index in [9.17, 15) is 9.59 Å². The molecule has 32 heavy (non-hydrogen) atoms. The van der Waals surface area contributed by atoms with Crippen LogP contribution in [0.2, 0.25) is 0 Å². The first-order chi connectivity index (χ1) is 15.7. The summed E-state index contributed by atoms with van der Waals surface area (Å²) in [5.74, 6) is -0.469. The number of carbonyl (C=O) groups is 2. The van der Waals surface area contributed by atoms with Gasteiger partial charge < -0.3 is 15.3 Å². The maximum atomic E-state index is 12.9. The zero-order valence-electron chi connectivity index (χ0n) is 17.9. The summed E-state index contributed by atoms with van der Waals surface area (Å²) in [7, 11) is 0. The first-order valence-electron chi connectivity index (χ1n) is 11.0. The Hall–Kier alpha value is -3.58. The number of nitrogens with one attached hydrogen (secondary N) is 4. The molecule has 0 atom stereocenters. The van der Waals surface area contributed by atoms with Gasteiger partial charge in [0.1, 0.15) is 0 Å². The van der Waals surface area contributed by atoms with E-state index in [1.54, 1.807) is 5.48 Å². The number of hydrogen-bond donors (Lipinski definition) is 5. The number of carbonyl (C=O) groups excluding carboxylic acids is 2. The molecule has 0 saturated carbocycles. The van der Waals surface area contributed by atoms with Gasteiger partial charge in [0, 0.05) is 59.5 Å². The number of hydroxylamine groups is 1. The summed E-state index contributed by atoms with van der Waals surface area (Å²) in [6, 6.07) is 16.3. The maximum Gasteiger partial charge on any atom is 0.243 e. The molecule has 0 aliphatic heterocycles. The van der Waals surface area contributed by atoms with Crippen LogP contribution in [0.4, 0.5) is 0 Å². The van der Waals surface area contributed by atoms with Gasteiger partial charge in [0.2, 0.25) is 11.8 Å². The fraction of sp³-hybridized carbons (Fsp3) is 0.280. The van der Waals surface area contributed by atoms with Crippen LogP contribution >= 0.6 is 0 Å². The third kappa shape index (κ3) is 4.84. The van der Waals surface area contributed by atoms with E-state index in [1.807, 2.05) is 48.8 Å². The molecule has 0 saturated heterocycles. The number of amides is 2. The van der Waals surface area contributed by atoms with Crippen LogP contribution in [0.25, 0.3) is 21.8 Å². The largest absolute Gasteiger partial charge is 0.361 e. The maximum absolute atomic E-state index is 12.9. The van der Waals surface area contributed by atoms with Gasteiger partial charge in [0.25, 0.3) is 0 Å². The zero-order chi connectivity index (χ0) is 22.3. The number of hydrogen-bond acceptors (Lipinski definition) is 3. The highest BCUT2D eigenvalue weighted by Gasteiger charge is 2.23. The Bertz CT molecular complexity index is 1140. The fourth-order valence-electron chi connectivity index (χ4n) is 4.28. The molecule has 0 radical (unpaired) electrons. The average Bonchev–Trinajstić information content (AvgIpc) is 3.44. The lowest BCUT2D eigenvalue weighted by Crippen LogP contribution is -2.26. The van der Waals surface area contributed by atoms with E-state index in [-0.39, 0.29) is 24.2 Å². The molecule has 4 rings (SSSR count). The summed E-state index contributed by atoms with van der Waals surface area (Å²) < 4.78 is 0. The molecule has 0 unspecified atom stereocenters. The van der Waals surface area contributed by atoms with Crippen molar-refractivity contribution in [2.24, 2.45) is 0 Å². The van der Waals surface area contributed by atoms with Gasteiger partial charge in [-0.25, -0.2) is 5.48 Å². The van der Waals surface area contributed by atoms with Gasteiger partial charge in [-0.2, -0.15) is 0 Å². The van der Waals surface area contributed by atoms with Gasteiger partial charge in [-0.1, -0.05) is 42.8 Å². The Morgan fingerprint density at radius 1 is 0.812 bits per heavy atom. The number of H-pyrrole nitrogens is 2. The first kappa shape index (κ1) is 21.6. The monoisotopic (exact) mass is 432 g/mol. The van der Waals surface area contributed by atoms with Crippen LogP contribution in [0.15, 0.2) is 60.9 Å². The summed E-state index contributed by atoms with van der Waals surface area (Å²) in [6.45, 7) is 0.564. The molecule has 7 nitrogen and oxygen atoms in total. The van der Waals surface area contributed by atoms with Crippen LogP contribution in [-0.2, 0) is 9.59 Å². The molecule has 2 aromatic carbocycles. The van der Waals surface area contributed by atoms with Crippen LogP contribution in [0.3, 0.4) is 0 Å². The second-order valence-electron chi connectivity index (χ2n) is 8.03. The van der Waals surface area contributed by atoms with Crippen molar-refractivity contribution in [3.63, 3.8) is 0 Å². The Labute approximate surface area is 186 Å². The van der Waals surface area contributed by atoms with E-state index in [0.717, 1.165) is 45.8 Å². The van der Waals surface area contributed by atoms with Crippen molar-refractivity contribution in [3.05, 3.63) is 72.1 Å². The van der Waals surface area contributed by atoms with E-state index in [1.165, 1.54) is 0 Å². The molecule has 0 fully saturated rings. The molecule has 0 aliphatic carbocycles. The first-order valence-corrected chi connectivity index (χ1v) is 11.0. The molecular weight excluding hydrogens is 404 g/mol. The third-order valence-electron chi connectivity index (χ3n) is 5.91. The van der Waals surface area contributed by atoms with Gasteiger partial charge >= 0.3 is 0 Å². The number of para-hydroxylation sites is 2. The molecule has 4 aromatic rings. The Kier molecular flexibility index (Phi) is 6.87. The standard InChI is InChI=1S/C25H28N4O3/c30-24(29-32)12-2-1-7-13-26-25(31)14-19(20-15-27-22-10-5-3-8-17(20)22)21-16-28-23-11-6-4-9-18(21)23/h3-6,8-11,15-16,19,27-28,32H,1-2,7,12-14H2,(H,26,31)(H,29,30). The molecule has 7 heteroatoms. The van der Waals surface area contributed by atoms with Crippen molar-refractivity contribution in [1.82, 2.24) is 20.8 Å². The van der Waals surface area contributed by atoms with Crippen LogP contribution in [-0.4, -0.2) is 33.5 Å². The molecular formula is C25H28N4O3. The van der Waals surface area contributed by atoms with Gasteiger partial charge in [0.05, 0.1) is 0 Å². The highest BCUT2D eigenvalue weighted by molar-refractivity contribution is 5.90. The summed E-state index contributed by atoms with van der Waals surface area (Å²) in [4.78, 5) is 30.6. The van der Waals surface area contributed by atoms with E-state index in [4.69, 9.17) is 5.21 Å². The predicted molar refractivity (Wildman–Crippen MR) is 124 cm³/mol. The average molecular weight is 433 g/mol. The van der Waals surface area contributed by atoms with Crippen molar-refractivity contribution in [2.75, 3.05) is 6.54 Å². The van der Waals surface area contributed by atoms with E-state index in [2.05, 4.69) is 27.4 Å². The number of fused-ring (bicyclic) bond motifs is 2. The van der Waals surface area contributed by atoms with Crippen molar-refractivity contribution >= 4 is 33.6 Å². The number of benzene rings is 2.